The van der Waals surface area contributed by atoms with Crippen molar-refractivity contribution < 1.29 is 4.79 Å². The number of alkyl halides is 2. The molecule has 5 fully saturated rings. The summed E-state index contributed by atoms with van der Waals surface area (Å²) in [5.74, 6) is 0.611. The number of halogens is 2. The standard InChI is InChI=1S/C17H23Cl2N3O/c18-15-4-12-5-16(19,9-15)11-17(6-12,10-15)21-8-14(23)22-3-1-2-13(22)7-20/h12-13,21H,1-6,8-11H2/t12?,13-,15?,16?,17?/m0/s1. The molecule has 23 heavy (non-hydrogen) atoms. The van der Waals surface area contributed by atoms with Gasteiger partial charge in [-0.05, 0) is 57.3 Å². The maximum atomic E-state index is 12.5. The number of carbonyl (C=O) groups excluding carboxylic acids is 1. The molecule has 4 aliphatic carbocycles. The minimum atomic E-state index is -0.251. The van der Waals surface area contributed by atoms with E-state index < -0.39 is 0 Å². The molecule has 1 heterocycles. The number of rotatable bonds is 3. The Morgan fingerprint density at radius 3 is 2.52 bits per heavy atom. The third-order valence-corrected chi connectivity index (χ3v) is 7.11. The van der Waals surface area contributed by atoms with Gasteiger partial charge in [0.2, 0.25) is 5.91 Å². The number of carbonyl (C=O) groups is 1. The lowest BCUT2D eigenvalue weighted by Crippen LogP contribution is -2.68. The highest BCUT2D eigenvalue weighted by molar-refractivity contribution is 6.28. The van der Waals surface area contributed by atoms with E-state index in [-0.39, 0.29) is 27.2 Å². The van der Waals surface area contributed by atoms with E-state index in [2.05, 4.69) is 11.4 Å². The first-order chi connectivity index (χ1) is 10.8. The Hall–Kier alpha value is -0.500. The average Bonchev–Trinajstić information content (AvgIpc) is 2.89. The predicted octanol–water partition coefficient (Wildman–Crippen LogP) is 2.78. The molecule has 1 saturated heterocycles. The summed E-state index contributed by atoms with van der Waals surface area (Å²) in [4.78, 5) is 13.8. The summed E-state index contributed by atoms with van der Waals surface area (Å²) in [6, 6.07) is 1.99. The van der Waals surface area contributed by atoms with Crippen LogP contribution in [-0.2, 0) is 4.79 Å². The average molecular weight is 356 g/mol. The second kappa shape index (κ2) is 5.25. The summed E-state index contributed by atoms with van der Waals surface area (Å²) in [5, 5.41) is 12.7. The highest BCUT2D eigenvalue weighted by Gasteiger charge is 2.62. The lowest BCUT2D eigenvalue weighted by atomic mass is 9.52. The van der Waals surface area contributed by atoms with Crippen molar-refractivity contribution in [1.82, 2.24) is 10.2 Å². The van der Waals surface area contributed by atoms with Gasteiger partial charge in [-0.2, -0.15) is 5.26 Å². The number of nitriles is 1. The molecule has 2 unspecified atom stereocenters. The first kappa shape index (κ1) is 16.0. The van der Waals surface area contributed by atoms with Crippen LogP contribution in [-0.4, -0.2) is 45.2 Å². The molecule has 3 atom stereocenters. The van der Waals surface area contributed by atoms with Gasteiger partial charge in [0.05, 0.1) is 12.6 Å². The lowest BCUT2D eigenvalue weighted by molar-refractivity contribution is -0.131. The zero-order chi connectivity index (χ0) is 16.3. The van der Waals surface area contributed by atoms with Crippen molar-refractivity contribution in [2.24, 2.45) is 5.92 Å². The normalized spacial score (nSPS) is 47.8. The van der Waals surface area contributed by atoms with E-state index in [1.165, 1.54) is 0 Å². The van der Waals surface area contributed by atoms with Crippen molar-refractivity contribution in [1.29, 1.82) is 5.26 Å². The molecule has 4 bridgehead atoms. The minimum Gasteiger partial charge on any atom is -0.326 e. The van der Waals surface area contributed by atoms with Crippen molar-refractivity contribution in [2.75, 3.05) is 13.1 Å². The van der Waals surface area contributed by atoms with Crippen LogP contribution >= 0.6 is 23.2 Å². The van der Waals surface area contributed by atoms with E-state index >= 15 is 0 Å². The van der Waals surface area contributed by atoms with Crippen molar-refractivity contribution >= 4 is 29.1 Å². The third-order valence-electron chi connectivity index (χ3n) is 6.27. The lowest BCUT2D eigenvalue weighted by Gasteiger charge is -2.63. The summed E-state index contributed by atoms with van der Waals surface area (Å²) in [6.45, 7) is 0.998. The molecule has 0 radical (unpaired) electrons. The van der Waals surface area contributed by atoms with Crippen LogP contribution in [0.15, 0.2) is 0 Å². The highest BCUT2D eigenvalue weighted by atomic mass is 35.5. The van der Waals surface area contributed by atoms with Gasteiger partial charge in [-0.25, -0.2) is 0 Å². The maximum absolute atomic E-state index is 12.5. The first-order valence-electron chi connectivity index (χ1n) is 8.66. The van der Waals surface area contributed by atoms with Gasteiger partial charge in [0.25, 0.3) is 0 Å². The monoisotopic (exact) mass is 355 g/mol. The molecular weight excluding hydrogens is 333 g/mol. The van der Waals surface area contributed by atoms with Gasteiger partial charge >= 0.3 is 0 Å². The number of hydrogen-bond donors (Lipinski definition) is 1. The second-order valence-corrected chi connectivity index (χ2v) is 9.92. The fourth-order valence-electron chi connectivity index (χ4n) is 5.97. The summed E-state index contributed by atoms with van der Waals surface area (Å²) < 4.78 is 0. The van der Waals surface area contributed by atoms with Crippen molar-refractivity contribution in [3.63, 3.8) is 0 Å². The van der Waals surface area contributed by atoms with Gasteiger partial charge in [-0.15, -0.1) is 23.2 Å². The first-order valence-corrected chi connectivity index (χ1v) is 9.42. The van der Waals surface area contributed by atoms with Crippen LogP contribution in [0.3, 0.4) is 0 Å². The number of nitrogens with one attached hydrogen (secondary N) is 1. The Bertz CT molecular complexity index is 557. The van der Waals surface area contributed by atoms with Crippen LogP contribution in [0.1, 0.15) is 51.4 Å². The van der Waals surface area contributed by atoms with Crippen LogP contribution in [0.4, 0.5) is 0 Å². The van der Waals surface area contributed by atoms with Crippen LogP contribution in [0.2, 0.25) is 0 Å². The summed E-state index contributed by atoms with van der Waals surface area (Å²) in [6.07, 6.45) is 7.61. The fraction of sp³-hybridized carbons (Fsp3) is 0.882. The zero-order valence-electron chi connectivity index (χ0n) is 13.3. The summed E-state index contributed by atoms with van der Waals surface area (Å²) in [7, 11) is 0. The Morgan fingerprint density at radius 2 is 1.91 bits per heavy atom. The zero-order valence-corrected chi connectivity index (χ0v) is 14.8. The number of likely N-dealkylation sites (tertiary alicyclic amines) is 1. The largest absolute Gasteiger partial charge is 0.326 e. The van der Waals surface area contributed by atoms with Crippen molar-refractivity contribution in [3.05, 3.63) is 0 Å². The Morgan fingerprint density at radius 1 is 1.22 bits per heavy atom. The molecule has 5 aliphatic rings. The molecule has 1 amide bonds. The molecule has 0 aromatic heterocycles. The minimum absolute atomic E-state index is 0.0389. The Kier molecular flexibility index (Phi) is 3.65. The molecule has 0 aromatic carbocycles. The van der Waals surface area contributed by atoms with Crippen molar-refractivity contribution in [2.45, 2.75) is 72.7 Å². The maximum Gasteiger partial charge on any atom is 0.237 e. The fourth-order valence-corrected chi connectivity index (χ4v) is 7.49. The van der Waals surface area contributed by atoms with Gasteiger partial charge in [-0.3, -0.25) is 4.79 Å². The van der Waals surface area contributed by atoms with E-state index in [0.29, 0.717) is 19.0 Å². The summed E-state index contributed by atoms with van der Waals surface area (Å²) >= 11 is 13.7. The van der Waals surface area contributed by atoms with Gasteiger partial charge in [0.1, 0.15) is 6.04 Å². The number of nitrogens with zero attached hydrogens (tertiary/aromatic N) is 2. The summed E-state index contributed by atoms with van der Waals surface area (Å²) in [5.41, 5.74) is -0.0968. The van der Waals surface area contributed by atoms with Crippen LogP contribution in [0, 0.1) is 17.2 Å². The molecule has 126 valence electrons. The van der Waals surface area contributed by atoms with Gasteiger partial charge < -0.3 is 10.2 Å². The van der Waals surface area contributed by atoms with Gasteiger partial charge in [0, 0.05) is 21.8 Å². The van der Waals surface area contributed by atoms with Crippen molar-refractivity contribution in [3.8, 4) is 6.07 Å². The molecule has 4 nitrogen and oxygen atoms in total. The molecule has 0 spiro atoms. The molecule has 0 aromatic rings. The molecular formula is C17H23Cl2N3O. The van der Waals surface area contributed by atoms with E-state index in [4.69, 9.17) is 28.5 Å². The van der Waals surface area contributed by atoms with E-state index in [1.807, 2.05) is 0 Å². The van der Waals surface area contributed by atoms with Crippen LogP contribution in [0.25, 0.3) is 0 Å². The predicted molar refractivity (Wildman–Crippen MR) is 89.4 cm³/mol. The van der Waals surface area contributed by atoms with Crippen LogP contribution < -0.4 is 5.32 Å². The Balaban J connectivity index is 1.45. The molecule has 5 rings (SSSR count). The second-order valence-electron chi connectivity index (χ2n) is 8.32. The third kappa shape index (κ3) is 2.75. The van der Waals surface area contributed by atoms with E-state index in [9.17, 15) is 4.79 Å². The van der Waals surface area contributed by atoms with Gasteiger partial charge in [-0.1, -0.05) is 0 Å². The number of hydrogen-bond acceptors (Lipinski definition) is 3. The van der Waals surface area contributed by atoms with E-state index in [1.54, 1.807) is 4.90 Å². The molecule has 1 aliphatic heterocycles. The highest BCUT2D eigenvalue weighted by Crippen LogP contribution is 2.63. The Labute approximate surface area is 147 Å². The molecule has 1 N–H and O–H groups in total. The van der Waals surface area contributed by atoms with E-state index in [0.717, 1.165) is 51.4 Å². The topological polar surface area (TPSA) is 56.1 Å². The van der Waals surface area contributed by atoms with Crippen LogP contribution in [0.5, 0.6) is 0 Å². The SMILES string of the molecule is N#C[C@@H]1CCCN1C(=O)CNC12CC3CC(Cl)(CC(Cl)(C3)C1)C2. The van der Waals surface area contributed by atoms with Gasteiger partial charge in [0.15, 0.2) is 0 Å². The smallest absolute Gasteiger partial charge is 0.237 e. The molecule has 4 saturated carbocycles. The quantitative estimate of drug-likeness (QED) is 0.791. The number of amides is 1. The molecule has 6 heteroatoms.